The first-order chi connectivity index (χ1) is 9.13. The predicted molar refractivity (Wildman–Crippen MR) is 71.0 cm³/mol. The molecule has 1 aliphatic heterocycles. The van der Waals surface area contributed by atoms with Crippen molar-refractivity contribution in [3.8, 4) is 0 Å². The summed E-state index contributed by atoms with van der Waals surface area (Å²) in [4.78, 5) is 25.1. The molecule has 1 aromatic rings. The summed E-state index contributed by atoms with van der Waals surface area (Å²) >= 11 is 0. The quantitative estimate of drug-likeness (QED) is 0.902. The minimum Gasteiger partial charge on any atom is -0.481 e. The van der Waals surface area contributed by atoms with Crippen molar-refractivity contribution in [1.29, 1.82) is 0 Å². The zero-order valence-corrected chi connectivity index (χ0v) is 11.2. The number of likely N-dealkylation sites (tertiary alicyclic amines) is 1. The highest BCUT2D eigenvalue weighted by Gasteiger charge is 2.29. The molecule has 0 aliphatic carbocycles. The minimum absolute atomic E-state index is 0.0515. The van der Waals surface area contributed by atoms with Gasteiger partial charge in [-0.05, 0) is 31.4 Å². The lowest BCUT2D eigenvalue weighted by molar-refractivity contribution is -0.143. The van der Waals surface area contributed by atoms with Crippen LogP contribution in [0.15, 0.2) is 18.3 Å². The number of aromatic nitrogens is 1. The summed E-state index contributed by atoms with van der Waals surface area (Å²) in [6.07, 6.45) is 4.29. The lowest BCUT2D eigenvalue weighted by Crippen LogP contribution is -2.42. The number of aliphatic carboxylic acids is 1. The number of aryl methyl sites for hydroxylation is 1. The molecule has 0 aromatic carbocycles. The maximum absolute atomic E-state index is 12.4. The largest absolute Gasteiger partial charge is 0.481 e. The van der Waals surface area contributed by atoms with Gasteiger partial charge in [0.15, 0.2) is 0 Å². The van der Waals surface area contributed by atoms with Crippen molar-refractivity contribution >= 4 is 11.9 Å². The summed E-state index contributed by atoms with van der Waals surface area (Å²) in [5.74, 6) is -1.28. The van der Waals surface area contributed by atoms with E-state index in [0.717, 1.165) is 19.4 Å². The van der Waals surface area contributed by atoms with Crippen LogP contribution < -0.4 is 0 Å². The maximum Gasteiger partial charge on any atom is 0.308 e. The van der Waals surface area contributed by atoms with Crippen molar-refractivity contribution in [1.82, 2.24) is 9.47 Å². The summed E-state index contributed by atoms with van der Waals surface area (Å²) in [5.41, 5.74) is 0.660. The molecule has 1 N–H and O–H groups in total. The van der Waals surface area contributed by atoms with Crippen LogP contribution >= 0.6 is 0 Å². The second-order valence-electron chi connectivity index (χ2n) is 5.02. The van der Waals surface area contributed by atoms with Gasteiger partial charge in [0.05, 0.1) is 5.92 Å². The van der Waals surface area contributed by atoms with Crippen LogP contribution in [-0.4, -0.2) is 39.5 Å². The number of carboxylic acid groups (broad SMARTS) is 1. The van der Waals surface area contributed by atoms with Crippen LogP contribution in [0.1, 0.15) is 36.7 Å². The molecule has 0 bridgehead atoms. The highest BCUT2D eigenvalue weighted by molar-refractivity contribution is 5.93. The van der Waals surface area contributed by atoms with E-state index in [2.05, 4.69) is 6.92 Å². The molecule has 2 rings (SSSR count). The zero-order chi connectivity index (χ0) is 13.8. The molecule has 1 amide bonds. The molecular weight excluding hydrogens is 244 g/mol. The maximum atomic E-state index is 12.4. The van der Waals surface area contributed by atoms with Gasteiger partial charge < -0.3 is 14.6 Å². The fourth-order valence-electron chi connectivity index (χ4n) is 2.57. The number of nitrogens with zero attached hydrogens (tertiary/aromatic N) is 2. The highest BCUT2D eigenvalue weighted by atomic mass is 16.4. The Labute approximate surface area is 112 Å². The Morgan fingerprint density at radius 1 is 1.47 bits per heavy atom. The third-order valence-electron chi connectivity index (χ3n) is 3.57. The molecule has 1 atom stereocenters. The number of piperidine rings is 1. The molecule has 1 saturated heterocycles. The van der Waals surface area contributed by atoms with E-state index in [9.17, 15) is 9.59 Å². The fourth-order valence-corrected chi connectivity index (χ4v) is 2.57. The number of hydrogen-bond acceptors (Lipinski definition) is 2. The smallest absolute Gasteiger partial charge is 0.308 e. The van der Waals surface area contributed by atoms with Gasteiger partial charge in [-0.15, -0.1) is 0 Å². The second-order valence-corrected chi connectivity index (χ2v) is 5.02. The third kappa shape index (κ3) is 2.97. The van der Waals surface area contributed by atoms with Gasteiger partial charge in [-0.2, -0.15) is 0 Å². The van der Waals surface area contributed by atoms with Crippen LogP contribution in [0.5, 0.6) is 0 Å². The first-order valence-corrected chi connectivity index (χ1v) is 6.80. The lowest BCUT2D eigenvalue weighted by Gasteiger charge is -2.31. The molecule has 19 heavy (non-hydrogen) atoms. The number of carbonyl (C=O) groups excluding carboxylic acids is 1. The van der Waals surface area contributed by atoms with E-state index in [4.69, 9.17) is 5.11 Å². The number of rotatable bonds is 4. The minimum atomic E-state index is -0.804. The van der Waals surface area contributed by atoms with E-state index in [0.29, 0.717) is 25.2 Å². The number of amides is 1. The van der Waals surface area contributed by atoms with Gasteiger partial charge >= 0.3 is 5.97 Å². The van der Waals surface area contributed by atoms with Crippen LogP contribution in [0.3, 0.4) is 0 Å². The topological polar surface area (TPSA) is 62.5 Å². The molecule has 5 nitrogen and oxygen atoms in total. The number of carboxylic acids is 1. The molecule has 1 fully saturated rings. The van der Waals surface area contributed by atoms with Crippen molar-refractivity contribution in [3.05, 3.63) is 24.0 Å². The predicted octanol–water partition coefficient (Wildman–Crippen LogP) is 1.83. The Balaban J connectivity index is 2.10. The monoisotopic (exact) mass is 264 g/mol. The van der Waals surface area contributed by atoms with Gasteiger partial charge in [0.25, 0.3) is 5.91 Å². The standard InChI is InChI=1S/C14H20N2O3/c1-2-7-15-8-4-6-12(15)13(17)16-9-3-5-11(10-16)14(18)19/h4,6,8,11H,2-3,5,7,9-10H2,1H3,(H,18,19)/t11-/m0/s1. The summed E-state index contributed by atoms with van der Waals surface area (Å²) < 4.78 is 1.94. The highest BCUT2D eigenvalue weighted by Crippen LogP contribution is 2.19. The first-order valence-electron chi connectivity index (χ1n) is 6.80. The Morgan fingerprint density at radius 3 is 2.95 bits per heavy atom. The van der Waals surface area contributed by atoms with Crippen molar-refractivity contribution in [2.24, 2.45) is 5.92 Å². The molecule has 0 saturated carbocycles. The van der Waals surface area contributed by atoms with Crippen molar-refractivity contribution < 1.29 is 14.7 Å². The normalized spacial score (nSPS) is 19.4. The average Bonchev–Trinajstić information content (AvgIpc) is 2.86. The van der Waals surface area contributed by atoms with Gasteiger partial charge in [-0.3, -0.25) is 9.59 Å². The Kier molecular flexibility index (Phi) is 4.24. The lowest BCUT2D eigenvalue weighted by atomic mass is 9.98. The SMILES string of the molecule is CCCn1cccc1C(=O)N1CCC[C@H](C(=O)O)C1. The third-order valence-corrected chi connectivity index (χ3v) is 3.57. The van der Waals surface area contributed by atoms with Gasteiger partial charge in [0, 0.05) is 25.8 Å². The Hall–Kier alpha value is -1.78. The van der Waals surface area contributed by atoms with Crippen LogP contribution in [0.4, 0.5) is 0 Å². The first kappa shape index (κ1) is 13.6. The summed E-state index contributed by atoms with van der Waals surface area (Å²) in [6.45, 7) is 3.85. The molecule has 0 unspecified atom stereocenters. The van der Waals surface area contributed by atoms with Crippen LogP contribution in [0, 0.1) is 5.92 Å². The van der Waals surface area contributed by atoms with E-state index in [1.54, 1.807) is 4.90 Å². The van der Waals surface area contributed by atoms with Gasteiger partial charge in [0.2, 0.25) is 0 Å². The van der Waals surface area contributed by atoms with Crippen molar-refractivity contribution in [2.75, 3.05) is 13.1 Å². The summed E-state index contributed by atoms with van der Waals surface area (Å²) in [5, 5.41) is 9.06. The van der Waals surface area contributed by atoms with Crippen molar-refractivity contribution in [3.63, 3.8) is 0 Å². The van der Waals surface area contributed by atoms with E-state index in [1.165, 1.54) is 0 Å². The molecular formula is C14H20N2O3. The van der Waals surface area contributed by atoms with E-state index in [-0.39, 0.29) is 5.91 Å². The fraction of sp³-hybridized carbons (Fsp3) is 0.571. The van der Waals surface area contributed by atoms with E-state index in [1.807, 2.05) is 22.9 Å². The molecule has 1 aromatic heterocycles. The zero-order valence-electron chi connectivity index (χ0n) is 11.2. The van der Waals surface area contributed by atoms with Crippen LogP contribution in [0.2, 0.25) is 0 Å². The molecule has 0 radical (unpaired) electrons. The molecule has 0 spiro atoms. The summed E-state index contributed by atoms with van der Waals surface area (Å²) in [7, 11) is 0. The molecule has 5 heteroatoms. The van der Waals surface area contributed by atoms with Crippen LogP contribution in [-0.2, 0) is 11.3 Å². The Bertz CT molecular complexity index is 467. The van der Waals surface area contributed by atoms with Crippen molar-refractivity contribution in [2.45, 2.75) is 32.7 Å². The molecule has 2 heterocycles. The van der Waals surface area contributed by atoms with E-state index >= 15 is 0 Å². The average molecular weight is 264 g/mol. The van der Waals surface area contributed by atoms with Gasteiger partial charge in [-0.25, -0.2) is 0 Å². The van der Waals surface area contributed by atoms with Gasteiger partial charge in [-0.1, -0.05) is 6.92 Å². The number of carbonyl (C=O) groups is 2. The van der Waals surface area contributed by atoms with Crippen LogP contribution in [0.25, 0.3) is 0 Å². The Morgan fingerprint density at radius 2 is 2.26 bits per heavy atom. The number of hydrogen-bond donors (Lipinski definition) is 1. The second kappa shape index (κ2) is 5.91. The molecule has 104 valence electrons. The summed E-state index contributed by atoms with van der Waals surface area (Å²) in [6, 6.07) is 3.67. The van der Waals surface area contributed by atoms with E-state index < -0.39 is 11.9 Å². The molecule has 1 aliphatic rings. The van der Waals surface area contributed by atoms with Gasteiger partial charge in [0.1, 0.15) is 5.69 Å².